The van der Waals surface area contributed by atoms with E-state index in [1.54, 1.807) is 0 Å². The molecule has 1 heterocycles. The van der Waals surface area contributed by atoms with Gasteiger partial charge < -0.3 is 29.4 Å². The number of nitrogens with zero attached hydrogens (tertiary/aromatic N) is 1. The van der Waals surface area contributed by atoms with Gasteiger partial charge in [-0.15, -0.1) is 47.5 Å². The van der Waals surface area contributed by atoms with Crippen LogP contribution in [-0.4, -0.2) is 4.57 Å². The zero-order valence-corrected chi connectivity index (χ0v) is 21.3. The summed E-state index contributed by atoms with van der Waals surface area (Å²) in [6.07, 6.45) is 10.0. The van der Waals surface area contributed by atoms with Crippen LogP contribution >= 0.6 is 0 Å². The van der Waals surface area contributed by atoms with Gasteiger partial charge in [0, 0.05) is 10.8 Å². The van der Waals surface area contributed by atoms with Crippen LogP contribution in [0.2, 0.25) is 0 Å². The summed E-state index contributed by atoms with van der Waals surface area (Å²) >= 11 is 0. The molecule has 0 bridgehead atoms. The van der Waals surface area contributed by atoms with Crippen LogP contribution in [-0.2, 0) is 25.8 Å². The number of rotatable bonds is 1. The number of para-hydroxylation sites is 2. The Kier molecular flexibility index (Phi) is 8.78. The molecule has 1 aliphatic rings. The van der Waals surface area contributed by atoms with Crippen molar-refractivity contribution in [3.8, 4) is 5.69 Å². The molecule has 0 fully saturated rings. The topological polar surface area (TPSA) is 4.93 Å². The van der Waals surface area contributed by atoms with Crippen LogP contribution in [0.5, 0.6) is 0 Å². The Morgan fingerprint density at radius 2 is 1.37 bits per heavy atom. The Balaban J connectivity index is 0.000000356. The van der Waals surface area contributed by atoms with Crippen molar-refractivity contribution in [1.82, 2.24) is 4.57 Å². The van der Waals surface area contributed by atoms with E-state index in [9.17, 15) is 0 Å². The van der Waals surface area contributed by atoms with Crippen molar-refractivity contribution in [2.45, 2.75) is 6.42 Å². The number of hydrogen-bond acceptors (Lipinski definition) is 0. The summed E-state index contributed by atoms with van der Waals surface area (Å²) in [4.78, 5) is 0. The number of fused-ring (bicyclic) bond motifs is 4. The average molecular weight is 595 g/mol. The third-order valence-corrected chi connectivity index (χ3v) is 5.03. The molecule has 6 rings (SSSR count). The molecule has 146 valence electrons. The Morgan fingerprint density at radius 1 is 0.767 bits per heavy atom. The average Bonchev–Trinajstić information content (AvgIpc) is 3.46. The largest absolute Gasteiger partial charge is 4.00 e. The van der Waals surface area contributed by atoms with Gasteiger partial charge in [-0.2, -0.15) is 6.08 Å². The predicted molar refractivity (Wildman–Crippen MR) is 115 cm³/mol. The summed E-state index contributed by atoms with van der Waals surface area (Å²) in [5.41, 5.74) is 3.76. The number of hydrogen-bond donors (Lipinski definition) is 0. The molecule has 0 saturated heterocycles. The van der Waals surface area contributed by atoms with E-state index in [0.717, 1.165) is 6.42 Å². The van der Waals surface area contributed by atoms with Gasteiger partial charge >= 0.3 is 25.8 Å². The molecule has 4 aromatic carbocycles. The molecule has 0 amide bonds. The number of aromatic nitrogens is 1. The van der Waals surface area contributed by atoms with Crippen molar-refractivity contribution >= 4 is 32.6 Å². The van der Waals surface area contributed by atoms with E-state index in [-0.39, 0.29) is 50.7 Å². The number of benzene rings is 3. The van der Waals surface area contributed by atoms with Gasteiger partial charge in [-0.3, -0.25) is 6.08 Å². The van der Waals surface area contributed by atoms with Gasteiger partial charge in [0.2, 0.25) is 0 Å². The van der Waals surface area contributed by atoms with Crippen LogP contribution in [0.1, 0.15) is 6.42 Å². The van der Waals surface area contributed by atoms with Crippen molar-refractivity contribution in [1.29, 1.82) is 0 Å². The molecule has 1 aromatic heterocycles. The quantitative estimate of drug-likeness (QED) is 0.202. The standard InChI is InChI=1S/C21H14N.C5H5.2ClH.Hf/c1-2-8-16-14-17(13-15(16)7-1)22-20-11-5-3-9-18(20)19-10-4-6-12-21(19)22;1-2-4-5-3-1;;;/h1-14H;1-3H,4H2;2*1H;/q2*-1;;;+4/p-2. The second kappa shape index (κ2) is 10.9. The minimum absolute atomic E-state index is 0. The van der Waals surface area contributed by atoms with Gasteiger partial charge in [-0.05, 0) is 17.8 Å². The molecule has 4 heteroatoms. The summed E-state index contributed by atoms with van der Waals surface area (Å²) in [5, 5.41) is 5.20. The maximum Gasteiger partial charge on any atom is 4.00 e. The van der Waals surface area contributed by atoms with Crippen LogP contribution in [0.25, 0.3) is 38.3 Å². The molecule has 0 N–H and O–H groups in total. The van der Waals surface area contributed by atoms with E-state index in [1.807, 2.05) is 12.2 Å². The SMILES string of the molecule is [C-]1=CC=CC1.[Cl-].[Cl-].[Hf+4].c1ccc2[cH-]c(-n3c4ccccc4c4ccccc43)cc2c1. The fraction of sp³-hybridized carbons (Fsp3) is 0.0385. The van der Waals surface area contributed by atoms with Gasteiger partial charge in [0.1, 0.15) is 0 Å². The van der Waals surface area contributed by atoms with E-state index in [4.69, 9.17) is 0 Å². The molecule has 0 unspecified atom stereocenters. The minimum atomic E-state index is 0. The summed E-state index contributed by atoms with van der Waals surface area (Å²) in [7, 11) is 0. The summed E-state index contributed by atoms with van der Waals surface area (Å²) < 4.78 is 2.37. The van der Waals surface area contributed by atoms with Crippen LogP contribution < -0.4 is 24.8 Å². The van der Waals surface area contributed by atoms with E-state index < -0.39 is 0 Å². The van der Waals surface area contributed by atoms with Crippen LogP contribution in [0.3, 0.4) is 0 Å². The molecule has 0 radical (unpaired) electrons. The van der Waals surface area contributed by atoms with Crippen molar-refractivity contribution in [3.63, 3.8) is 0 Å². The van der Waals surface area contributed by atoms with Crippen LogP contribution in [0.15, 0.2) is 103 Å². The van der Waals surface area contributed by atoms with Gasteiger partial charge in [-0.25, -0.2) is 12.2 Å². The Labute approximate surface area is 208 Å². The van der Waals surface area contributed by atoms with E-state index in [0.29, 0.717) is 0 Å². The molecular weight excluding hydrogens is 576 g/mol. The van der Waals surface area contributed by atoms with Crippen LogP contribution in [0, 0.1) is 6.08 Å². The molecule has 0 saturated carbocycles. The smallest absolute Gasteiger partial charge is 1.00 e. The second-order valence-corrected chi connectivity index (χ2v) is 6.72. The first-order valence-corrected chi connectivity index (χ1v) is 9.27. The fourth-order valence-electron chi connectivity index (χ4n) is 3.80. The Bertz CT molecular complexity index is 1210. The minimum Gasteiger partial charge on any atom is -1.00 e. The Morgan fingerprint density at radius 3 is 1.90 bits per heavy atom. The van der Waals surface area contributed by atoms with Crippen molar-refractivity contribution in [3.05, 3.63) is 109 Å². The van der Waals surface area contributed by atoms with Gasteiger partial charge in [0.15, 0.2) is 0 Å². The third kappa shape index (κ3) is 4.51. The van der Waals surface area contributed by atoms with Gasteiger partial charge in [0.25, 0.3) is 0 Å². The molecular formula is C26H19Cl2HfN. The van der Waals surface area contributed by atoms with Crippen molar-refractivity contribution < 1.29 is 50.7 Å². The van der Waals surface area contributed by atoms with Gasteiger partial charge in [-0.1, -0.05) is 42.5 Å². The first-order valence-electron chi connectivity index (χ1n) is 9.27. The van der Waals surface area contributed by atoms with Gasteiger partial charge in [0.05, 0.1) is 11.0 Å². The zero-order chi connectivity index (χ0) is 18.1. The summed E-state index contributed by atoms with van der Waals surface area (Å²) in [6, 6.07) is 30.3. The summed E-state index contributed by atoms with van der Waals surface area (Å²) in [6.45, 7) is 0. The van der Waals surface area contributed by atoms with E-state index in [2.05, 4.69) is 102 Å². The molecule has 30 heavy (non-hydrogen) atoms. The molecule has 1 aliphatic carbocycles. The summed E-state index contributed by atoms with van der Waals surface area (Å²) in [5.74, 6) is 0. The van der Waals surface area contributed by atoms with Crippen LogP contribution in [0.4, 0.5) is 0 Å². The Hall–Kier alpha value is -2.00. The maximum absolute atomic E-state index is 2.99. The molecule has 1 nitrogen and oxygen atoms in total. The normalized spacial score (nSPS) is 11.5. The molecule has 5 aromatic rings. The first kappa shape index (κ1) is 24.3. The number of halogens is 2. The molecule has 0 aliphatic heterocycles. The second-order valence-electron chi connectivity index (χ2n) is 6.72. The predicted octanol–water partition coefficient (Wildman–Crippen LogP) is 0.967. The van der Waals surface area contributed by atoms with E-state index >= 15 is 0 Å². The monoisotopic (exact) mass is 595 g/mol. The maximum atomic E-state index is 2.99. The number of allylic oxidation sites excluding steroid dienone is 4. The zero-order valence-electron chi connectivity index (χ0n) is 16.2. The first-order chi connectivity index (χ1) is 13.4. The van der Waals surface area contributed by atoms with Crippen molar-refractivity contribution in [2.24, 2.45) is 0 Å². The van der Waals surface area contributed by atoms with E-state index in [1.165, 1.54) is 38.3 Å². The van der Waals surface area contributed by atoms with Crippen molar-refractivity contribution in [2.75, 3.05) is 0 Å². The third-order valence-electron chi connectivity index (χ3n) is 5.03. The molecule has 0 spiro atoms. The fourth-order valence-corrected chi connectivity index (χ4v) is 3.80. The molecule has 0 atom stereocenters.